The van der Waals surface area contributed by atoms with Crippen molar-refractivity contribution in [2.75, 3.05) is 0 Å². The number of hydrogen-bond acceptors (Lipinski definition) is 2. The Labute approximate surface area is 173 Å². The van der Waals surface area contributed by atoms with Crippen molar-refractivity contribution in [2.45, 2.75) is 0 Å². The van der Waals surface area contributed by atoms with Crippen molar-refractivity contribution in [3.63, 3.8) is 0 Å². The standard InChI is InChI=1S/C22H8F6S2/c23-13-5-9(6-14(24)19(13)27)17-11-1-3-29-21(11)18(12-2-4-30-22(12)17)10-7-15(25)20(28)16(26)8-10/h1-8H. The van der Waals surface area contributed by atoms with Crippen LogP contribution in [-0.2, 0) is 0 Å². The van der Waals surface area contributed by atoms with Crippen LogP contribution in [0.1, 0.15) is 0 Å². The molecular weight excluding hydrogens is 442 g/mol. The van der Waals surface area contributed by atoms with E-state index in [1.165, 1.54) is 22.7 Å². The molecule has 3 aromatic carbocycles. The summed E-state index contributed by atoms with van der Waals surface area (Å²) in [6, 6.07) is 7.10. The highest BCUT2D eigenvalue weighted by Crippen LogP contribution is 2.48. The normalized spacial score (nSPS) is 11.7. The summed E-state index contributed by atoms with van der Waals surface area (Å²) in [6.07, 6.45) is 0. The number of hydrogen-bond donors (Lipinski definition) is 0. The van der Waals surface area contributed by atoms with Crippen molar-refractivity contribution >= 4 is 42.8 Å². The molecule has 0 nitrogen and oxygen atoms in total. The summed E-state index contributed by atoms with van der Waals surface area (Å²) in [4.78, 5) is 0. The van der Waals surface area contributed by atoms with Crippen LogP contribution in [0.5, 0.6) is 0 Å². The largest absolute Gasteiger partial charge is 0.204 e. The Morgan fingerprint density at radius 1 is 0.500 bits per heavy atom. The number of fused-ring (bicyclic) bond motifs is 2. The summed E-state index contributed by atoms with van der Waals surface area (Å²) in [6.45, 7) is 0. The highest BCUT2D eigenvalue weighted by atomic mass is 32.1. The third kappa shape index (κ3) is 2.74. The fourth-order valence-corrected chi connectivity index (χ4v) is 5.58. The molecule has 30 heavy (non-hydrogen) atoms. The molecule has 0 N–H and O–H groups in total. The fraction of sp³-hybridized carbons (Fsp3) is 0. The Morgan fingerprint density at radius 2 is 0.833 bits per heavy atom. The van der Waals surface area contributed by atoms with E-state index in [1.54, 1.807) is 22.9 Å². The van der Waals surface area contributed by atoms with Crippen molar-refractivity contribution in [3.05, 3.63) is 82.1 Å². The molecule has 0 aliphatic carbocycles. The van der Waals surface area contributed by atoms with Crippen LogP contribution in [0.4, 0.5) is 26.3 Å². The minimum atomic E-state index is -1.56. The zero-order valence-electron chi connectivity index (χ0n) is 14.7. The van der Waals surface area contributed by atoms with Crippen LogP contribution < -0.4 is 0 Å². The molecule has 0 saturated carbocycles. The first-order valence-electron chi connectivity index (χ1n) is 8.57. The van der Waals surface area contributed by atoms with E-state index in [9.17, 15) is 26.3 Å². The van der Waals surface area contributed by atoms with Gasteiger partial charge in [0.25, 0.3) is 0 Å². The van der Waals surface area contributed by atoms with Gasteiger partial charge in [0.2, 0.25) is 0 Å². The first-order chi connectivity index (χ1) is 14.4. The van der Waals surface area contributed by atoms with Gasteiger partial charge in [-0.3, -0.25) is 0 Å². The van der Waals surface area contributed by atoms with E-state index in [0.29, 0.717) is 31.3 Å². The molecule has 0 saturated heterocycles. The number of benzene rings is 3. The summed E-state index contributed by atoms with van der Waals surface area (Å²) < 4.78 is 83.9. The second-order valence-electron chi connectivity index (χ2n) is 6.58. The monoisotopic (exact) mass is 450 g/mol. The summed E-state index contributed by atoms with van der Waals surface area (Å²) in [7, 11) is 0. The Bertz CT molecular complexity index is 1260. The Morgan fingerprint density at radius 3 is 1.17 bits per heavy atom. The predicted octanol–water partition coefficient (Wildman–Crippen LogP) is 8.28. The maximum Gasteiger partial charge on any atom is 0.194 e. The molecule has 2 heterocycles. The van der Waals surface area contributed by atoms with Crippen LogP contribution in [0.15, 0.2) is 47.2 Å². The average molecular weight is 450 g/mol. The predicted molar refractivity (Wildman–Crippen MR) is 108 cm³/mol. The molecule has 0 amide bonds. The SMILES string of the molecule is Fc1cc(-c2c3ccsc3c(-c3cc(F)c(F)c(F)c3)c3ccsc23)cc(F)c1F. The summed E-state index contributed by atoms with van der Waals surface area (Å²) in [5.41, 5.74) is 1.26. The van der Waals surface area contributed by atoms with E-state index in [1.807, 2.05) is 0 Å². The lowest BCUT2D eigenvalue weighted by Gasteiger charge is -2.13. The van der Waals surface area contributed by atoms with Gasteiger partial charge in [-0.15, -0.1) is 22.7 Å². The quantitative estimate of drug-likeness (QED) is 0.188. The average Bonchev–Trinajstić information content (AvgIpc) is 3.37. The van der Waals surface area contributed by atoms with Gasteiger partial charge in [0.1, 0.15) is 0 Å². The molecule has 5 aromatic rings. The van der Waals surface area contributed by atoms with Gasteiger partial charge in [0, 0.05) is 31.3 Å². The van der Waals surface area contributed by atoms with Crippen LogP contribution in [0.2, 0.25) is 0 Å². The van der Waals surface area contributed by atoms with Crippen LogP contribution >= 0.6 is 22.7 Å². The molecule has 150 valence electrons. The Kier molecular flexibility index (Phi) is 4.37. The van der Waals surface area contributed by atoms with Crippen molar-refractivity contribution in [1.29, 1.82) is 0 Å². The van der Waals surface area contributed by atoms with Gasteiger partial charge in [0.15, 0.2) is 34.9 Å². The van der Waals surface area contributed by atoms with Crippen LogP contribution in [0, 0.1) is 34.9 Å². The molecule has 0 spiro atoms. The number of thiophene rings is 2. The molecule has 8 heteroatoms. The minimum Gasteiger partial charge on any atom is -0.204 e. The third-order valence-electron chi connectivity index (χ3n) is 4.87. The smallest absolute Gasteiger partial charge is 0.194 e. The van der Waals surface area contributed by atoms with Gasteiger partial charge in [-0.2, -0.15) is 0 Å². The molecule has 0 aliphatic rings. The Balaban J connectivity index is 1.91. The van der Waals surface area contributed by atoms with Gasteiger partial charge >= 0.3 is 0 Å². The highest BCUT2D eigenvalue weighted by molar-refractivity contribution is 7.20. The molecular formula is C22H8F6S2. The van der Waals surface area contributed by atoms with Crippen LogP contribution in [-0.4, -0.2) is 0 Å². The van der Waals surface area contributed by atoms with E-state index < -0.39 is 34.9 Å². The molecule has 0 fully saturated rings. The Hall–Kier alpha value is -2.84. The maximum absolute atomic E-state index is 13.9. The lowest BCUT2D eigenvalue weighted by atomic mass is 9.93. The molecule has 0 radical (unpaired) electrons. The molecule has 2 aromatic heterocycles. The summed E-state index contributed by atoms with van der Waals surface area (Å²) in [5.74, 6) is -8.38. The second-order valence-corrected chi connectivity index (χ2v) is 8.42. The zero-order chi connectivity index (χ0) is 21.2. The van der Waals surface area contributed by atoms with E-state index >= 15 is 0 Å². The van der Waals surface area contributed by atoms with E-state index in [0.717, 1.165) is 24.3 Å². The van der Waals surface area contributed by atoms with Gasteiger partial charge in [-0.25, -0.2) is 26.3 Å². The molecule has 0 atom stereocenters. The lowest BCUT2D eigenvalue weighted by molar-refractivity contribution is 0.447. The van der Waals surface area contributed by atoms with Crippen molar-refractivity contribution in [2.24, 2.45) is 0 Å². The lowest BCUT2D eigenvalue weighted by Crippen LogP contribution is -1.94. The first kappa shape index (κ1) is 19.1. The number of halogens is 6. The molecule has 0 bridgehead atoms. The summed E-state index contributed by atoms with van der Waals surface area (Å²) in [5, 5.41) is 4.63. The van der Waals surface area contributed by atoms with Crippen molar-refractivity contribution in [3.8, 4) is 22.3 Å². The first-order valence-corrected chi connectivity index (χ1v) is 10.3. The fourth-order valence-electron chi connectivity index (χ4n) is 3.62. The van der Waals surface area contributed by atoms with Gasteiger partial charge in [-0.05, 0) is 58.3 Å². The minimum absolute atomic E-state index is 0.144. The molecule has 5 rings (SSSR count). The van der Waals surface area contributed by atoms with Gasteiger partial charge in [-0.1, -0.05) is 0 Å². The molecule has 0 aliphatic heterocycles. The van der Waals surface area contributed by atoms with Gasteiger partial charge in [0.05, 0.1) is 0 Å². The van der Waals surface area contributed by atoms with E-state index in [-0.39, 0.29) is 11.1 Å². The zero-order valence-corrected chi connectivity index (χ0v) is 16.3. The topological polar surface area (TPSA) is 0 Å². The van der Waals surface area contributed by atoms with Crippen LogP contribution in [0.25, 0.3) is 42.4 Å². The second kappa shape index (κ2) is 6.85. The maximum atomic E-state index is 13.9. The van der Waals surface area contributed by atoms with Gasteiger partial charge < -0.3 is 0 Å². The number of rotatable bonds is 2. The molecule has 0 unspecified atom stereocenters. The summed E-state index contributed by atoms with van der Waals surface area (Å²) >= 11 is 2.54. The van der Waals surface area contributed by atoms with Crippen molar-refractivity contribution in [1.82, 2.24) is 0 Å². The van der Waals surface area contributed by atoms with E-state index in [4.69, 9.17) is 0 Å². The third-order valence-corrected chi connectivity index (χ3v) is 6.73. The van der Waals surface area contributed by atoms with E-state index in [2.05, 4.69) is 0 Å². The van der Waals surface area contributed by atoms with Crippen molar-refractivity contribution < 1.29 is 26.3 Å². The van der Waals surface area contributed by atoms with Crippen LogP contribution in [0.3, 0.4) is 0 Å². The highest BCUT2D eigenvalue weighted by Gasteiger charge is 2.22.